The normalized spacial score (nSPS) is 11.4. The van der Waals surface area contributed by atoms with Crippen LogP contribution in [0.25, 0.3) is 0 Å². The Morgan fingerprint density at radius 1 is 1.35 bits per heavy atom. The number of alkyl halides is 3. The molecule has 0 atom stereocenters. The summed E-state index contributed by atoms with van der Waals surface area (Å²) in [6, 6.07) is 2.59. The second-order valence-electron chi connectivity index (χ2n) is 3.89. The number of hydrogen-bond acceptors (Lipinski definition) is 3. The standard InChI is InChI=1S/C12H8ClF3N2O2/c1-18-5-4-17-10(11(18)19)20-9-6-7(12(14,15)16)2-3-8(9)13/h2-6H,1H3. The third-order valence-electron chi connectivity index (χ3n) is 2.45. The van der Waals surface area contributed by atoms with Crippen LogP contribution in [0, 0.1) is 0 Å². The Bertz CT molecular complexity index is 698. The zero-order chi connectivity index (χ0) is 14.9. The molecule has 106 valence electrons. The summed E-state index contributed by atoms with van der Waals surface area (Å²) in [7, 11) is 1.46. The van der Waals surface area contributed by atoms with Gasteiger partial charge in [0.15, 0.2) is 0 Å². The number of halogens is 4. The highest BCUT2D eigenvalue weighted by atomic mass is 35.5. The Morgan fingerprint density at radius 2 is 2.05 bits per heavy atom. The molecule has 0 saturated carbocycles. The molecule has 0 aliphatic rings. The molecule has 8 heteroatoms. The van der Waals surface area contributed by atoms with Gasteiger partial charge in [-0.15, -0.1) is 0 Å². The van der Waals surface area contributed by atoms with E-state index in [0.717, 1.165) is 18.2 Å². The fraction of sp³-hybridized carbons (Fsp3) is 0.167. The Labute approximate surface area is 116 Å². The first-order valence-corrected chi connectivity index (χ1v) is 5.73. The van der Waals surface area contributed by atoms with E-state index in [0.29, 0.717) is 0 Å². The van der Waals surface area contributed by atoms with Gasteiger partial charge in [-0.1, -0.05) is 11.6 Å². The molecular formula is C12H8ClF3N2O2. The third-order valence-corrected chi connectivity index (χ3v) is 2.76. The molecule has 1 heterocycles. The molecule has 0 radical (unpaired) electrons. The van der Waals surface area contributed by atoms with Gasteiger partial charge >= 0.3 is 11.7 Å². The molecule has 1 aromatic carbocycles. The van der Waals surface area contributed by atoms with Gasteiger partial charge in [0, 0.05) is 19.4 Å². The predicted octanol–water partition coefficient (Wildman–Crippen LogP) is 3.24. The zero-order valence-corrected chi connectivity index (χ0v) is 10.9. The highest BCUT2D eigenvalue weighted by molar-refractivity contribution is 6.32. The molecular weight excluding hydrogens is 297 g/mol. The molecule has 0 amide bonds. The molecule has 4 nitrogen and oxygen atoms in total. The molecule has 0 aliphatic heterocycles. The number of ether oxygens (including phenoxy) is 1. The number of benzene rings is 1. The summed E-state index contributed by atoms with van der Waals surface area (Å²) in [5.74, 6) is -0.631. The molecule has 2 rings (SSSR count). The van der Waals surface area contributed by atoms with Crippen LogP contribution in [0.15, 0.2) is 35.4 Å². The Kier molecular flexibility index (Phi) is 3.71. The lowest BCUT2D eigenvalue weighted by Gasteiger charge is -2.11. The fourth-order valence-corrected chi connectivity index (χ4v) is 1.56. The lowest BCUT2D eigenvalue weighted by Crippen LogP contribution is -2.18. The highest BCUT2D eigenvalue weighted by Crippen LogP contribution is 2.35. The summed E-state index contributed by atoms with van der Waals surface area (Å²) in [6.45, 7) is 0. The smallest absolute Gasteiger partial charge is 0.416 e. The van der Waals surface area contributed by atoms with Gasteiger partial charge in [0.25, 0.3) is 5.88 Å². The molecule has 20 heavy (non-hydrogen) atoms. The van der Waals surface area contributed by atoms with Crippen molar-refractivity contribution in [1.29, 1.82) is 0 Å². The van der Waals surface area contributed by atoms with Crippen molar-refractivity contribution in [3.63, 3.8) is 0 Å². The third kappa shape index (κ3) is 2.93. The van der Waals surface area contributed by atoms with E-state index in [-0.39, 0.29) is 16.7 Å². The highest BCUT2D eigenvalue weighted by Gasteiger charge is 2.31. The average molecular weight is 305 g/mol. The van der Waals surface area contributed by atoms with Gasteiger partial charge < -0.3 is 9.30 Å². The monoisotopic (exact) mass is 304 g/mol. The van der Waals surface area contributed by atoms with Crippen LogP contribution in [0.3, 0.4) is 0 Å². The second kappa shape index (κ2) is 5.16. The first-order chi connectivity index (χ1) is 9.29. The second-order valence-corrected chi connectivity index (χ2v) is 4.30. The Morgan fingerprint density at radius 3 is 2.70 bits per heavy atom. The van der Waals surface area contributed by atoms with Crippen molar-refractivity contribution >= 4 is 11.6 Å². The van der Waals surface area contributed by atoms with Gasteiger partial charge in [0.1, 0.15) is 5.75 Å². The Balaban J connectivity index is 2.43. The van der Waals surface area contributed by atoms with Crippen molar-refractivity contribution in [3.8, 4) is 11.6 Å². The van der Waals surface area contributed by atoms with Crippen molar-refractivity contribution in [2.75, 3.05) is 0 Å². The van der Waals surface area contributed by atoms with E-state index in [9.17, 15) is 18.0 Å². The molecule has 0 saturated heterocycles. The average Bonchev–Trinajstić information content (AvgIpc) is 2.36. The number of aryl methyl sites for hydroxylation is 1. The van der Waals surface area contributed by atoms with Gasteiger partial charge in [-0.3, -0.25) is 4.79 Å². The lowest BCUT2D eigenvalue weighted by molar-refractivity contribution is -0.137. The number of aromatic nitrogens is 2. The maximum atomic E-state index is 12.6. The van der Waals surface area contributed by atoms with Crippen molar-refractivity contribution in [3.05, 3.63) is 51.5 Å². The van der Waals surface area contributed by atoms with E-state index in [1.54, 1.807) is 0 Å². The maximum absolute atomic E-state index is 12.6. The van der Waals surface area contributed by atoms with E-state index in [2.05, 4.69) is 4.98 Å². The van der Waals surface area contributed by atoms with Gasteiger partial charge in [-0.05, 0) is 18.2 Å². The van der Waals surface area contributed by atoms with E-state index in [4.69, 9.17) is 16.3 Å². The van der Waals surface area contributed by atoms with Gasteiger partial charge in [0.05, 0.1) is 10.6 Å². The molecule has 0 N–H and O–H groups in total. The topological polar surface area (TPSA) is 44.1 Å². The first-order valence-electron chi connectivity index (χ1n) is 5.35. The van der Waals surface area contributed by atoms with Crippen molar-refractivity contribution < 1.29 is 17.9 Å². The van der Waals surface area contributed by atoms with Crippen LogP contribution < -0.4 is 10.3 Å². The van der Waals surface area contributed by atoms with Crippen LogP contribution in [0.2, 0.25) is 5.02 Å². The van der Waals surface area contributed by atoms with Gasteiger partial charge in [0.2, 0.25) is 0 Å². The summed E-state index contributed by atoms with van der Waals surface area (Å²) in [4.78, 5) is 15.3. The van der Waals surface area contributed by atoms with Crippen molar-refractivity contribution in [2.24, 2.45) is 7.05 Å². The van der Waals surface area contributed by atoms with Crippen molar-refractivity contribution in [1.82, 2.24) is 9.55 Å². The summed E-state index contributed by atoms with van der Waals surface area (Å²) >= 11 is 5.76. The van der Waals surface area contributed by atoms with Crippen LogP contribution in [0.4, 0.5) is 13.2 Å². The minimum Gasteiger partial charge on any atom is -0.433 e. The SMILES string of the molecule is Cn1ccnc(Oc2cc(C(F)(F)F)ccc2Cl)c1=O. The quantitative estimate of drug-likeness (QED) is 0.855. The minimum absolute atomic E-state index is 0.0503. The summed E-state index contributed by atoms with van der Waals surface area (Å²) in [5.41, 5.74) is -1.51. The van der Waals surface area contributed by atoms with Gasteiger partial charge in [-0.2, -0.15) is 13.2 Å². The summed E-state index contributed by atoms with van der Waals surface area (Å²) < 4.78 is 44.1. The van der Waals surface area contributed by atoms with Crippen LogP contribution in [0.5, 0.6) is 11.6 Å². The maximum Gasteiger partial charge on any atom is 0.416 e. The molecule has 1 aromatic heterocycles. The molecule has 0 unspecified atom stereocenters. The number of hydrogen-bond donors (Lipinski definition) is 0. The number of rotatable bonds is 2. The van der Waals surface area contributed by atoms with Crippen molar-refractivity contribution in [2.45, 2.75) is 6.18 Å². The van der Waals surface area contributed by atoms with Crippen LogP contribution in [0.1, 0.15) is 5.56 Å². The molecule has 0 spiro atoms. The van der Waals surface area contributed by atoms with Crippen LogP contribution in [-0.4, -0.2) is 9.55 Å². The summed E-state index contributed by atoms with van der Waals surface area (Å²) in [6.07, 6.45) is -1.85. The van der Waals surface area contributed by atoms with E-state index < -0.39 is 17.3 Å². The molecule has 0 aliphatic carbocycles. The van der Waals surface area contributed by atoms with E-state index in [1.165, 1.54) is 24.0 Å². The van der Waals surface area contributed by atoms with Crippen LogP contribution >= 0.6 is 11.6 Å². The van der Waals surface area contributed by atoms with E-state index in [1.807, 2.05) is 0 Å². The largest absolute Gasteiger partial charge is 0.433 e. The lowest BCUT2D eigenvalue weighted by atomic mass is 10.2. The molecule has 0 bridgehead atoms. The van der Waals surface area contributed by atoms with E-state index >= 15 is 0 Å². The molecule has 2 aromatic rings. The minimum atomic E-state index is -4.53. The van der Waals surface area contributed by atoms with Crippen LogP contribution in [-0.2, 0) is 13.2 Å². The molecule has 0 fully saturated rings. The predicted molar refractivity (Wildman–Crippen MR) is 66.0 cm³/mol. The Hall–Kier alpha value is -2.02. The first kappa shape index (κ1) is 14.4. The summed E-state index contributed by atoms with van der Waals surface area (Å²) in [5, 5.41) is -0.0503. The fourth-order valence-electron chi connectivity index (χ4n) is 1.41. The zero-order valence-electron chi connectivity index (χ0n) is 10.1. The number of nitrogens with zero attached hydrogens (tertiary/aromatic N) is 2. The van der Waals surface area contributed by atoms with Gasteiger partial charge in [-0.25, -0.2) is 4.98 Å².